The number of nitrogens with two attached hydrogens (primary N) is 2. The van der Waals surface area contributed by atoms with Crippen molar-refractivity contribution in [1.82, 2.24) is 29.1 Å². The molecule has 0 saturated carbocycles. The number of fused-ring (bicyclic) bond motifs is 2. The van der Waals surface area contributed by atoms with Crippen LogP contribution in [0.3, 0.4) is 0 Å². The lowest BCUT2D eigenvalue weighted by molar-refractivity contribution is 0.0985. The van der Waals surface area contributed by atoms with E-state index in [2.05, 4.69) is 30.6 Å². The lowest BCUT2D eigenvalue weighted by atomic mass is 10.1. The standard InChI is InChI=1S/C38H42N10O9/c1-6-23-31(56-19(3)41-23)35(52)45-37-43-25-15-21(33(39)50)17-27(54-5)29(25)47(37)11-8-9-12-48-30-26(16-22(34(40)51)18-28(30)55-14-10-13-49)44-38(48)46-36(53)32-24(7-2)42-20(4)57-32/h8-9,15-18,49H,6-7,10-14H2,1-5H3,(H2,39,50)(H2,40,51)(H,43,45,52)(H,44,46,53). The predicted molar refractivity (Wildman–Crippen MR) is 207 cm³/mol. The summed E-state index contributed by atoms with van der Waals surface area (Å²) in [4.78, 5) is 69.4. The third-order valence-electron chi connectivity index (χ3n) is 8.85. The van der Waals surface area contributed by atoms with E-state index in [1.807, 2.05) is 13.8 Å². The van der Waals surface area contributed by atoms with Gasteiger partial charge >= 0.3 is 0 Å². The Balaban J connectivity index is 1.41. The van der Waals surface area contributed by atoms with Crippen LogP contribution < -0.4 is 31.6 Å². The van der Waals surface area contributed by atoms with E-state index in [9.17, 15) is 24.3 Å². The van der Waals surface area contributed by atoms with Gasteiger partial charge in [-0.25, -0.2) is 19.9 Å². The van der Waals surface area contributed by atoms with Gasteiger partial charge in [0.1, 0.15) is 22.5 Å². The molecule has 6 rings (SSSR count). The molecule has 19 nitrogen and oxygen atoms in total. The molecule has 6 aromatic rings. The number of rotatable bonds is 17. The molecule has 0 radical (unpaired) electrons. The largest absolute Gasteiger partial charge is 0.494 e. The Morgan fingerprint density at radius 1 is 0.754 bits per heavy atom. The zero-order chi connectivity index (χ0) is 41.0. The first-order valence-electron chi connectivity index (χ1n) is 18.0. The Morgan fingerprint density at radius 2 is 1.21 bits per heavy atom. The molecule has 0 aliphatic heterocycles. The van der Waals surface area contributed by atoms with Gasteiger partial charge in [-0.2, -0.15) is 0 Å². The number of nitrogens with one attached hydrogen (secondary N) is 2. The third-order valence-corrected chi connectivity index (χ3v) is 8.85. The minimum Gasteiger partial charge on any atom is -0.494 e. The minimum atomic E-state index is -0.716. The Morgan fingerprint density at radius 3 is 1.63 bits per heavy atom. The van der Waals surface area contributed by atoms with Crippen molar-refractivity contribution in [3.63, 3.8) is 0 Å². The number of primary amides is 2. The van der Waals surface area contributed by atoms with Crippen LogP contribution in [0.4, 0.5) is 11.9 Å². The summed E-state index contributed by atoms with van der Waals surface area (Å²) in [5.74, 6) is -1.11. The monoisotopic (exact) mass is 782 g/mol. The van der Waals surface area contributed by atoms with E-state index in [1.54, 1.807) is 35.1 Å². The van der Waals surface area contributed by atoms with E-state index in [0.717, 1.165) is 0 Å². The molecular formula is C38H42N10O9. The van der Waals surface area contributed by atoms with Crippen molar-refractivity contribution in [2.75, 3.05) is 31.0 Å². The minimum absolute atomic E-state index is 0.0305. The van der Waals surface area contributed by atoms with Crippen LogP contribution >= 0.6 is 0 Å². The molecule has 0 fully saturated rings. The maximum absolute atomic E-state index is 13.6. The van der Waals surface area contributed by atoms with Gasteiger partial charge in [0, 0.05) is 51.1 Å². The number of carbonyl (C=O) groups excluding carboxylic acids is 4. The summed E-state index contributed by atoms with van der Waals surface area (Å²) in [5, 5.41) is 15.0. The number of benzene rings is 2. The van der Waals surface area contributed by atoms with Gasteiger partial charge in [0.25, 0.3) is 11.8 Å². The number of amides is 4. The number of aliphatic hydroxyl groups is 1. The van der Waals surface area contributed by atoms with Crippen molar-refractivity contribution in [2.24, 2.45) is 11.5 Å². The molecule has 0 spiro atoms. The van der Waals surface area contributed by atoms with Crippen LogP contribution in [0.5, 0.6) is 11.5 Å². The van der Waals surface area contributed by atoms with Gasteiger partial charge in [-0.05, 0) is 37.1 Å². The average molecular weight is 783 g/mol. The summed E-state index contributed by atoms with van der Waals surface area (Å²) in [7, 11) is 1.43. The van der Waals surface area contributed by atoms with E-state index < -0.39 is 23.6 Å². The number of ether oxygens (including phenoxy) is 2. The lowest BCUT2D eigenvalue weighted by Gasteiger charge is -2.13. The van der Waals surface area contributed by atoms with Crippen LogP contribution in [0.25, 0.3) is 22.1 Å². The lowest BCUT2D eigenvalue weighted by Crippen LogP contribution is -2.17. The maximum Gasteiger partial charge on any atom is 0.295 e. The maximum atomic E-state index is 13.6. The highest BCUT2D eigenvalue weighted by Gasteiger charge is 2.25. The fraction of sp³-hybridized carbons (Fsp3) is 0.316. The number of aromatic nitrogens is 6. The Bertz CT molecular complexity index is 2540. The number of aliphatic hydroxyl groups excluding tert-OH is 1. The second kappa shape index (κ2) is 16.8. The van der Waals surface area contributed by atoms with Crippen molar-refractivity contribution >= 4 is 57.6 Å². The molecule has 4 amide bonds. The first kappa shape index (κ1) is 39.7. The highest BCUT2D eigenvalue weighted by atomic mass is 16.5. The number of anilines is 2. The fourth-order valence-electron chi connectivity index (χ4n) is 6.25. The SMILES string of the molecule is CCc1nc(C)oc1C(=O)Nc1nc2cc(C(N)=O)cc(OC)c2n1CC=CCn1c(NC(=O)c2oc(C)nc2CC)nc2cc(C(N)=O)cc(OCCCO)c21. The molecule has 0 bridgehead atoms. The third kappa shape index (κ3) is 8.18. The molecule has 0 saturated heterocycles. The first-order chi connectivity index (χ1) is 27.4. The highest BCUT2D eigenvalue weighted by molar-refractivity contribution is 6.05. The van der Waals surface area contributed by atoms with Crippen molar-refractivity contribution in [2.45, 2.75) is 60.0 Å². The Hall–Kier alpha value is -7.02. The number of oxazole rings is 2. The summed E-state index contributed by atoms with van der Waals surface area (Å²) in [6.45, 7) is 7.18. The molecule has 57 heavy (non-hydrogen) atoms. The molecule has 7 N–H and O–H groups in total. The second-order valence-electron chi connectivity index (χ2n) is 12.7. The van der Waals surface area contributed by atoms with Crippen molar-refractivity contribution in [3.8, 4) is 11.5 Å². The van der Waals surface area contributed by atoms with Crippen LogP contribution in [-0.4, -0.2) is 78.1 Å². The van der Waals surface area contributed by atoms with Gasteiger partial charge < -0.3 is 44.0 Å². The number of methoxy groups -OCH3 is 1. The molecule has 2 aromatic carbocycles. The van der Waals surface area contributed by atoms with Gasteiger partial charge in [-0.1, -0.05) is 26.0 Å². The number of allylic oxidation sites excluding steroid dienone is 2. The van der Waals surface area contributed by atoms with Gasteiger partial charge in [-0.15, -0.1) is 0 Å². The van der Waals surface area contributed by atoms with E-state index >= 15 is 0 Å². The Labute approximate surface area is 325 Å². The van der Waals surface area contributed by atoms with E-state index in [0.29, 0.717) is 64.5 Å². The number of carbonyl (C=O) groups is 4. The Kier molecular flexibility index (Phi) is 11.7. The van der Waals surface area contributed by atoms with Crippen LogP contribution in [-0.2, 0) is 25.9 Å². The number of aryl methyl sites for hydroxylation is 4. The summed E-state index contributed by atoms with van der Waals surface area (Å²) >= 11 is 0. The molecular weight excluding hydrogens is 740 g/mol. The van der Waals surface area contributed by atoms with Crippen LogP contribution in [0.2, 0.25) is 0 Å². The molecule has 0 aliphatic carbocycles. The number of hydrogen-bond acceptors (Lipinski definition) is 13. The molecule has 4 aromatic heterocycles. The summed E-state index contributed by atoms with van der Waals surface area (Å²) in [5.41, 5.74) is 14.0. The van der Waals surface area contributed by atoms with E-state index in [-0.39, 0.29) is 72.3 Å². The van der Waals surface area contributed by atoms with Crippen LogP contribution in [0.15, 0.2) is 45.3 Å². The van der Waals surface area contributed by atoms with Crippen molar-refractivity contribution in [3.05, 3.63) is 82.2 Å². The van der Waals surface area contributed by atoms with Gasteiger partial charge in [0.05, 0.1) is 36.1 Å². The first-order valence-corrected chi connectivity index (χ1v) is 18.0. The smallest absolute Gasteiger partial charge is 0.295 e. The van der Waals surface area contributed by atoms with Crippen LogP contribution in [0.1, 0.15) is 85.3 Å². The molecule has 4 heterocycles. The number of imidazole rings is 2. The molecule has 298 valence electrons. The predicted octanol–water partition coefficient (Wildman–Crippen LogP) is 3.83. The van der Waals surface area contributed by atoms with Crippen molar-refractivity contribution in [1.29, 1.82) is 0 Å². The molecule has 0 aliphatic rings. The number of nitrogens with zero attached hydrogens (tertiary/aromatic N) is 6. The fourth-order valence-corrected chi connectivity index (χ4v) is 6.25. The quantitative estimate of drug-likeness (QED) is 0.0651. The number of hydrogen-bond donors (Lipinski definition) is 5. The van der Waals surface area contributed by atoms with Gasteiger partial charge in [0.2, 0.25) is 35.2 Å². The zero-order valence-electron chi connectivity index (χ0n) is 32.0. The molecule has 19 heteroatoms. The summed E-state index contributed by atoms with van der Waals surface area (Å²) in [6, 6.07) is 5.95. The topological polar surface area (TPSA) is 271 Å². The van der Waals surface area contributed by atoms with Crippen LogP contribution in [0, 0.1) is 13.8 Å². The highest BCUT2D eigenvalue weighted by Crippen LogP contribution is 2.33. The van der Waals surface area contributed by atoms with E-state index in [4.69, 9.17) is 29.8 Å². The zero-order valence-corrected chi connectivity index (χ0v) is 32.0. The average Bonchev–Trinajstić information content (AvgIpc) is 3.95. The van der Waals surface area contributed by atoms with Crippen molar-refractivity contribution < 1.29 is 42.6 Å². The normalized spacial score (nSPS) is 11.5. The molecule has 0 atom stereocenters. The van der Waals surface area contributed by atoms with Gasteiger partial charge in [0.15, 0.2) is 11.8 Å². The van der Waals surface area contributed by atoms with Gasteiger partial charge in [-0.3, -0.25) is 29.8 Å². The van der Waals surface area contributed by atoms with E-state index in [1.165, 1.54) is 31.4 Å². The summed E-state index contributed by atoms with van der Waals surface area (Å²) < 4.78 is 26.2. The molecule has 0 unspecified atom stereocenters. The second-order valence-corrected chi connectivity index (χ2v) is 12.7. The summed E-state index contributed by atoms with van der Waals surface area (Å²) in [6.07, 6.45) is 4.77.